The molecule has 1 N–H and O–H groups in total. The number of carbonyl (C=O) groups is 1. The van der Waals surface area contributed by atoms with Crippen molar-refractivity contribution in [3.63, 3.8) is 0 Å². The smallest absolute Gasteiger partial charge is 0.229 e. The average Bonchev–Trinajstić information content (AvgIpc) is 2.96. The van der Waals surface area contributed by atoms with Crippen LogP contribution in [0.1, 0.15) is 24.9 Å². The van der Waals surface area contributed by atoms with E-state index in [4.69, 9.17) is 9.47 Å². The first-order chi connectivity index (χ1) is 10.6. The van der Waals surface area contributed by atoms with E-state index in [-0.39, 0.29) is 18.4 Å². The molecular formula is C14H15BrN4O3. The van der Waals surface area contributed by atoms with Crippen LogP contribution < -0.4 is 14.8 Å². The lowest BCUT2D eigenvalue weighted by molar-refractivity contribution is -0.117. The van der Waals surface area contributed by atoms with Gasteiger partial charge in [0.25, 0.3) is 0 Å². The number of nitrogens with zero attached hydrogens (tertiary/aromatic N) is 3. The van der Waals surface area contributed by atoms with E-state index >= 15 is 0 Å². The lowest BCUT2D eigenvalue weighted by atomic mass is 10.0. The van der Waals surface area contributed by atoms with Gasteiger partial charge in [0.05, 0.1) is 26.2 Å². The number of hydrogen-bond donors (Lipinski definition) is 1. The highest BCUT2D eigenvalue weighted by Crippen LogP contribution is 2.39. The summed E-state index contributed by atoms with van der Waals surface area (Å²) in [4.78, 5) is 15.9. The van der Waals surface area contributed by atoms with Gasteiger partial charge in [-0.3, -0.25) is 10.1 Å². The van der Waals surface area contributed by atoms with Gasteiger partial charge in [0.2, 0.25) is 11.9 Å². The molecule has 2 heterocycles. The fraction of sp³-hybridized carbons (Fsp3) is 0.357. The number of anilines is 1. The van der Waals surface area contributed by atoms with Crippen LogP contribution >= 0.6 is 15.9 Å². The second-order valence-electron chi connectivity index (χ2n) is 4.75. The summed E-state index contributed by atoms with van der Waals surface area (Å²) in [6.07, 6.45) is 1.71. The molecule has 0 bridgehead atoms. The number of rotatable bonds is 4. The van der Waals surface area contributed by atoms with Crippen molar-refractivity contribution >= 4 is 27.8 Å². The second kappa shape index (κ2) is 5.96. The number of fused-ring (bicyclic) bond motifs is 1. The zero-order valence-corrected chi connectivity index (χ0v) is 13.8. The first kappa shape index (κ1) is 14.8. The molecule has 1 aromatic heterocycles. The predicted molar refractivity (Wildman–Crippen MR) is 83.3 cm³/mol. The number of amides is 1. The highest BCUT2D eigenvalue weighted by atomic mass is 79.9. The number of halogens is 1. The maximum atomic E-state index is 11.9. The van der Waals surface area contributed by atoms with Gasteiger partial charge in [-0.2, -0.15) is 10.1 Å². The van der Waals surface area contributed by atoms with Crippen LogP contribution in [-0.2, 0) is 4.79 Å². The van der Waals surface area contributed by atoms with Crippen molar-refractivity contribution in [2.75, 3.05) is 19.0 Å². The Morgan fingerprint density at radius 2 is 2.27 bits per heavy atom. The summed E-state index contributed by atoms with van der Waals surface area (Å²) in [6.45, 7) is 2.43. The minimum Gasteiger partial charge on any atom is -0.493 e. The lowest BCUT2D eigenvalue weighted by Crippen LogP contribution is -2.29. The quantitative estimate of drug-likeness (QED) is 0.898. The molecular weight excluding hydrogens is 352 g/mol. The van der Waals surface area contributed by atoms with Crippen LogP contribution in [0.25, 0.3) is 0 Å². The van der Waals surface area contributed by atoms with Gasteiger partial charge < -0.3 is 9.47 Å². The second-order valence-corrected chi connectivity index (χ2v) is 5.61. The fourth-order valence-electron chi connectivity index (χ4n) is 2.48. The summed E-state index contributed by atoms with van der Waals surface area (Å²) in [5.74, 6) is 1.63. The molecule has 3 rings (SSSR count). The third kappa shape index (κ3) is 2.54. The summed E-state index contributed by atoms with van der Waals surface area (Å²) in [5, 5.41) is 6.91. The van der Waals surface area contributed by atoms with Crippen molar-refractivity contribution in [2.45, 2.75) is 19.4 Å². The largest absolute Gasteiger partial charge is 0.493 e. The van der Waals surface area contributed by atoms with Crippen molar-refractivity contribution in [3.05, 3.63) is 28.5 Å². The van der Waals surface area contributed by atoms with E-state index in [9.17, 15) is 4.79 Å². The number of carbonyl (C=O) groups excluding carboxylic acids is 1. The third-order valence-electron chi connectivity index (χ3n) is 3.44. The highest BCUT2D eigenvalue weighted by Gasteiger charge is 2.30. The summed E-state index contributed by atoms with van der Waals surface area (Å²) >= 11 is 3.54. The van der Waals surface area contributed by atoms with E-state index in [1.54, 1.807) is 11.8 Å². The maximum Gasteiger partial charge on any atom is 0.229 e. The van der Waals surface area contributed by atoms with Crippen LogP contribution in [0.4, 0.5) is 5.95 Å². The van der Waals surface area contributed by atoms with E-state index in [0.29, 0.717) is 24.1 Å². The van der Waals surface area contributed by atoms with E-state index in [0.717, 1.165) is 10.0 Å². The Kier molecular flexibility index (Phi) is 4.02. The molecule has 8 heteroatoms. The van der Waals surface area contributed by atoms with E-state index in [2.05, 4.69) is 31.3 Å². The van der Waals surface area contributed by atoms with Crippen LogP contribution in [0.3, 0.4) is 0 Å². The van der Waals surface area contributed by atoms with Crippen LogP contribution in [0.15, 0.2) is 22.9 Å². The minimum absolute atomic E-state index is 0.0915. The summed E-state index contributed by atoms with van der Waals surface area (Å²) in [6, 6.07) is 3.47. The zero-order valence-electron chi connectivity index (χ0n) is 12.2. The predicted octanol–water partition coefficient (Wildman–Crippen LogP) is 2.38. The molecule has 2 aromatic rings. The molecule has 0 radical (unpaired) electrons. The van der Waals surface area contributed by atoms with Gasteiger partial charge in [-0.05, 0) is 24.6 Å². The first-order valence-corrected chi connectivity index (χ1v) is 7.63. The summed E-state index contributed by atoms with van der Waals surface area (Å²) in [7, 11) is 1.59. The number of benzene rings is 1. The number of methoxy groups -OCH3 is 1. The Balaban J connectivity index is 2.09. The summed E-state index contributed by atoms with van der Waals surface area (Å²) < 4.78 is 13.5. The first-order valence-electron chi connectivity index (χ1n) is 6.83. The van der Waals surface area contributed by atoms with Crippen LogP contribution in [0.5, 0.6) is 11.5 Å². The zero-order chi connectivity index (χ0) is 15.7. The molecule has 1 atom stereocenters. The molecule has 1 aromatic carbocycles. The lowest BCUT2D eigenvalue weighted by Gasteiger charge is -2.25. The topological polar surface area (TPSA) is 78.3 Å². The normalized spacial score (nSPS) is 16.9. The number of hydrogen-bond acceptors (Lipinski definition) is 5. The van der Waals surface area contributed by atoms with Crippen molar-refractivity contribution in [3.8, 4) is 11.5 Å². The molecule has 0 aliphatic carbocycles. The van der Waals surface area contributed by atoms with Gasteiger partial charge in [-0.15, -0.1) is 0 Å². The van der Waals surface area contributed by atoms with Crippen molar-refractivity contribution in [1.29, 1.82) is 0 Å². The SMILES string of the molecule is CCOc1cc([C@H]2CC(=O)Nc3ncnn32)c(Br)cc1OC. The third-order valence-corrected chi connectivity index (χ3v) is 4.13. The van der Waals surface area contributed by atoms with Crippen LogP contribution in [0.2, 0.25) is 0 Å². The standard InChI is InChI=1S/C14H15BrN4O3/c1-3-22-12-4-8(9(15)5-11(12)21-2)10-6-13(20)18-14-16-7-17-19(10)14/h4-5,7,10H,3,6H2,1-2H3,(H,16,17,18,20)/t10-/m1/s1. The van der Waals surface area contributed by atoms with Gasteiger partial charge in [-0.1, -0.05) is 15.9 Å². The van der Waals surface area contributed by atoms with Crippen LogP contribution in [-0.4, -0.2) is 34.4 Å². The molecule has 1 amide bonds. The van der Waals surface area contributed by atoms with E-state index in [1.807, 2.05) is 19.1 Å². The Labute approximate surface area is 135 Å². The number of ether oxygens (including phenoxy) is 2. The fourth-order valence-corrected chi connectivity index (χ4v) is 3.07. The van der Waals surface area contributed by atoms with Crippen molar-refractivity contribution in [1.82, 2.24) is 14.8 Å². The van der Waals surface area contributed by atoms with Gasteiger partial charge in [-0.25, -0.2) is 4.68 Å². The van der Waals surface area contributed by atoms with Gasteiger partial charge in [0.15, 0.2) is 11.5 Å². The van der Waals surface area contributed by atoms with E-state index in [1.165, 1.54) is 6.33 Å². The molecule has 0 unspecified atom stereocenters. The summed E-state index contributed by atoms with van der Waals surface area (Å²) in [5.41, 5.74) is 0.894. The molecule has 0 saturated heterocycles. The Hall–Kier alpha value is -2.09. The minimum atomic E-state index is -0.245. The Bertz CT molecular complexity index is 716. The molecule has 0 fully saturated rings. The molecule has 1 aliphatic rings. The Morgan fingerprint density at radius 1 is 1.45 bits per heavy atom. The molecule has 0 spiro atoms. The maximum absolute atomic E-state index is 11.9. The van der Waals surface area contributed by atoms with Crippen molar-refractivity contribution < 1.29 is 14.3 Å². The monoisotopic (exact) mass is 366 g/mol. The van der Waals surface area contributed by atoms with E-state index < -0.39 is 0 Å². The van der Waals surface area contributed by atoms with Crippen molar-refractivity contribution in [2.24, 2.45) is 0 Å². The van der Waals surface area contributed by atoms with Gasteiger partial charge in [0, 0.05) is 4.47 Å². The molecule has 22 heavy (non-hydrogen) atoms. The molecule has 0 saturated carbocycles. The number of nitrogens with one attached hydrogen (secondary N) is 1. The molecule has 7 nitrogen and oxygen atoms in total. The number of aromatic nitrogens is 3. The molecule has 116 valence electrons. The average molecular weight is 367 g/mol. The van der Waals surface area contributed by atoms with Crippen LogP contribution in [0, 0.1) is 0 Å². The molecule has 1 aliphatic heterocycles. The van der Waals surface area contributed by atoms with Gasteiger partial charge in [0.1, 0.15) is 6.33 Å². The Morgan fingerprint density at radius 3 is 3.00 bits per heavy atom. The van der Waals surface area contributed by atoms with Gasteiger partial charge >= 0.3 is 0 Å². The highest BCUT2D eigenvalue weighted by molar-refractivity contribution is 9.10.